The molecule has 0 spiro atoms. The van der Waals surface area contributed by atoms with Gasteiger partial charge < -0.3 is 18.9 Å². The molecule has 0 saturated carbocycles. The summed E-state index contributed by atoms with van der Waals surface area (Å²) in [5, 5.41) is 13.6. The number of fused-ring (bicyclic) bond motifs is 1. The Balaban J connectivity index is 1.68. The standard InChI is InChI=1S/C29H32N6O4/c1-19-14-20(2)26-22(15-19)16-25(29(36)30-26)27(28-31-32-33-35(28)11-13-37-3)34(18-24-6-5-12-39-24)17-21-7-9-23(38-4)10-8-21/h5-10,12,14-16,27H,11,13,17-18H2,1-4H3,(H,30,36)/t27-/m0/s1. The summed E-state index contributed by atoms with van der Waals surface area (Å²) in [5.74, 6) is 2.07. The number of ether oxygens (including phenoxy) is 2. The van der Waals surface area contributed by atoms with Gasteiger partial charge >= 0.3 is 0 Å². The number of rotatable bonds is 11. The lowest BCUT2D eigenvalue weighted by molar-refractivity contribution is 0.163. The van der Waals surface area contributed by atoms with Crippen molar-refractivity contribution in [1.82, 2.24) is 30.1 Å². The maximum Gasteiger partial charge on any atom is 0.253 e. The van der Waals surface area contributed by atoms with Gasteiger partial charge in [-0.05, 0) is 77.2 Å². The molecule has 3 aromatic heterocycles. The van der Waals surface area contributed by atoms with E-state index in [1.54, 1.807) is 25.2 Å². The Morgan fingerprint density at radius 3 is 2.62 bits per heavy atom. The Hall–Kier alpha value is -4.28. The molecule has 5 rings (SSSR count). The monoisotopic (exact) mass is 528 g/mol. The van der Waals surface area contributed by atoms with E-state index in [0.29, 0.717) is 37.6 Å². The minimum atomic E-state index is -0.585. The van der Waals surface area contributed by atoms with E-state index in [4.69, 9.17) is 13.9 Å². The van der Waals surface area contributed by atoms with Gasteiger partial charge in [0, 0.05) is 19.2 Å². The van der Waals surface area contributed by atoms with Crippen LogP contribution in [0.5, 0.6) is 5.75 Å². The second kappa shape index (κ2) is 11.6. The highest BCUT2D eigenvalue weighted by Crippen LogP contribution is 2.31. The third-order valence-corrected chi connectivity index (χ3v) is 6.78. The van der Waals surface area contributed by atoms with E-state index in [0.717, 1.165) is 39.1 Å². The zero-order chi connectivity index (χ0) is 27.4. The first kappa shape index (κ1) is 26.3. The van der Waals surface area contributed by atoms with Crippen LogP contribution >= 0.6 is 0 Å². The van der Waals surface area contributed by atoms with Crippen molar-refractivity contribution in [3.63, 3.8) is 0 Å². The van der Waals surface area contributed by atoms with Crippen LogP contribution in [0.3, 0.4) is 0 Å². The Labute approximate surface area is 226 Å². The van der Waals surface area contributed by atoms with Crippen molar-refractivity contribution in [2.24, 2.45) is 0 Å². The number of tetrazole rings is 1. The quantitative estimate of drug-likeness (QED) is 0.272. The van der Waals surface area contributed by atoms with Gasteiger partial charge in [-0.25, -0.2) is 4.68 Å². The van der Waals surface area contributed by atoms with Gasteiger partial charge in [0.05, 0.1) is 38.6 Å². The molecule has 10 nitrogen and oxygen atoms in total. The zero-order valence-electron chi connectivity index (χ0n) is 22.5. The molecular weight excluding hydrogens is 496 g/mol. The minimum Gasteiger partial charge on any atom is -0.497 e. The fourth-order valence-electron chi connectivity index (χ4n) is 4.96. The fourth-order valence-corrected chi connectivity index (χ4v) is 4.96. The number of aryl methyl sites for hydroxylation is 2. The number of hydrogen-bond donors (Lipinski definition) is 1. The summed E-state index contributed by atoms with van der Waals surface area (Å²) in [6.45, 7) is 5.83. The molecule has 3 heterocycles. The molecule has 0 aliphatic carbocycles. The number of aromatic nitrogens is 5. The van der Waals surface area contributed by atoms with E-state index in [9.17, 15) is 4.79 Å². The Bertz CT molecular complexity index is 1590. The SMILES string of the molecule is COCCn1nnnc1[C@H](c1cc2cc(C)cc(C)c2[nH]c1=O)N(Cc1ccc(OC)cc1)Cc1ccco1. The van der Waals surface area contributed by atoms with Crippen LogP contribution in [-0.2, 0) is 24.4 Å². The third kappa shape index (κ3) is 5.76. The van der Waals surface area contributed by atoms with Gasteiger partial charge in [0.2, 0.25) is 0 Å². The molecular formula is C29H32N6O4. The molecule has 0 amide bonds. The van der Waals surface area contributed by atoms with Crippen LogP contribution in [0.25, 0.3) is 10.9 Å². The van der Waals surface area contributed by atoms with Crippen molar-refractivity contribution < 1.29 is 13.9 Å². The van der Waals surface area contributed by atoms with Gasteiger partial charge in [-0.3, -0.25) is 9.69 Å². The molecule has 2 aromatic carbocycles. The summed E-state index contributed by atoms with van der Waals surface area (Å²) in [6, 6.07) is 17.2. The topological polar surface area (TPSA) is 111 Å². The largest absolute Gasteiger partial charge is 0.497 e. The van der Waals surface area contributed by atoms with Crippen molar-refractivity contribution in [2.75, 3.05) is 20.8 Å². The van der Waals surface area contributed by atoms with Crippen LogP contribution in [0, 0.1) is 13.8 Å². The third-order valence-electron chi connectivity index (χ3n) is 6.78. The van der Waals surface area contributed by atoms with Gasteiger partial charge in [0.15, 0.2) is 5.82 Å². The predicted octanol–water partition coefficient (Wildman–Crippen LogP) is 4.17. The molecule has 0 radical (unpaired) electrons. The Kier molecular flexibility index (Phi) is 7.85. The molecule has 202 valence electrons. The summed E-state index contributed by atoms with van der Waals surface area (Å²) in [6.07, 6.45) is 1.65. The van der Waals surface area contributed by atoms with Crippen molar-refractivity contribution in [2.45, 2.75) is 39.5 Å². The van der Waals surface area contributed by atoms with Crippen molar-refractivity contribution in [1.29, 1.82) is 0 Å². The lowest BCUT2D eigenvalue weighted by Gasteiger charge is -2.30. The number of benzene rings is 2. The fraction of sp³-hybridized carbons (Fsp3) is 0.310. The van der Waals surface area contributed by atoms with Gasteiger partial charge in [-0.1, -0.05) is 23.8 Å². The lowest BCUT2D eigenvalue weighted by Crippen LogP contribution is -2.35. The Morgan fingerprint density at radius 2 is 1.90 bits per heavy atom. The zero-order valence-corrected chi connectivity index (χ0v) is 22.5. The molecule has 0 unspecified atom stereocenters. The van der Waals surface area contributed by atoms with Crippen LogP contribution in [0.4, 0.5) is 0 Å². The molecule has 0 bridgehead atoms. The highest BCUT2D eigenvalue weighted by atomic mass is 16.5. The molecule has 0 aliphatic rings. The van der Waals surface area contributed by atoms with Gasteiger partial charge in [0.1, 0.15) is 17.6 Å². The van der Waals surface area contributed by atoms with E-state index < -0.39 is 6.04 Å². The number of nitrogens with zero attached hydrogens (tertiary/aromatic N) is 5. The van der Waals surface area contributed by atoms with Gasteiger partial charge in [-0.2, -0.15) is 0 Å². The maximum atomic E-state index is 13.8. The van der Waals surface area contributed by atoms with Gasteiger partial charge in [-0.15, -0.1) is 5.10 Å². The molecule has 0 aliphatic heterocycles. The average molecular weight is 529 g/mol. The molecule has 39 heavy (non-hydrogen) atoms. The van der Waals surface area contributed by atoms with Crippen LogP contribution in [0.2, 0.25) is 0 Å². The first-order chi connectivity index (χ1) is 19.0. The number of H-pyrrole nitrogens is 1. The van der Waals surface area contributed by atoms with E-state index in [1.807, 2.05) is 56.3 Å². The Morgan fingerprint density at radius 1 is 1.08 bits per heavy atom. The average Bonchev–Trinajstić information content (AvgIpc) is 3.61. The molecule has 1 atom stereocenters. The van der Waals surface area contributed by atoms with Crippen LogP contribution < -0.4 is 10.3 Å². The number of furan rings is 1. The summed E-state index contributed by atoms with van der Waals surface area (Å²) < 4.78 is 18.1. The molecule has 10 heteroatoms. The smallest absolute Gasteiger partial charge is 0.253 e. The van der Waals surface area contributed by atoms with E-state index in [2.05, 4.69) is 37.5 Å². The highest BCUT2D eigenvalue weighted by molar-refractivity contribution is 5.83. The molecule has 5 aromatic rings. The van der Waals surface area contributed by atoms with E-state index in [1.165, 1.54) is 0 Å². The lowest BCUT2D eigenvalue weighted by atomic mass is 10.00. The van der Waals surface area contributed by atoms with Crippen molar-refractivity contribution in [3.05, 3.63) is 105 Å². The maximum absolute atomic E-state index is 13.8. The van der Waals surface area contributed by atoms with Crippen LogP contribution in [-0.4, -0.2) is 50.9 Å². The number of aromatic amines is 1. The van der Waals surface area contributed by atoms with Crippen LogP contribution in [0.15, 0.2) is 70.1 Å². The van der Waals surface area contributed by atoms with Gasteiger partial charge in [0.25, 0.3) is 5.56 Å². The summed E-state index contributed by atoms with van der Waals surface area (Å²) >= 11 is 0. The second-order valence-electron chi connectivity index (χ2n) is 9.59. The van der Waals surface area contributed by atoms with E-state index >= 15 is 0 Å². The van der Waals surface area contributed by atoms with Crippen molar-refractivity contribution in [3.8, 4) is 5.75 Å². The first-order valence-electron chi connectivity index (χ1n) is 12.8. The number of pyridine rings is 1. The second-order valence-corrected chi connectivity index (χ2v) is 9.59. The summed E-state index contributed by atoms with van der Waals surface area (Å²) in [7, 11) is 3.27. The summed E-state index contributed by atoms with van der Waals surface area (Å²) in [4.78, 5) is 19.0. The highest BCUT2D eigenvalue weighted by Gasteiger charge is 2.31. The normalized spacial score (nSPS) is 12.3. The number of nitrogens with one attached hydrogen (secondary N) is 1. The molecule has 0 saturated heterocycles. The van der Waals surface area contributed by atoms with Crippen LogP contribution in [0.1, 0.15) is 39.9 Å². The molecule has 0 fully saturated rings. The predicted molar refractivity (Wildman–Crippen MR) is 147 cm³/mol. The van der Waals surface area contributed by atoms with Crippen molar-refractivity contribution >= 4 is 10.9 Å². The minimum absolute atomic E-state index is 0.195. The summed E-state index contributed by atoms with van der Waals surface area (Å²) in [5.41, 5.74) is 4.33. The van der Waals surface area contributed by atoms with E-state index in [-0.39, 0.29) is 5.56 Å². The number of methoxy groups -OCH3 is 2. The number of hydrogen-bond acceptors (Lipinski definition) is 8. The molecule has 1 N–H and O–H groups in total. The first-order valence-corrected chi connectivity index (χ1v) is 12.8.